The lowest BCUT2D eigenvalue weighted by Crippen LogP contribution is -2.49. The number of Topliss-reactive ketones (excluding diaryl/α,β-unsaturated/α-hetero) is 1. The van der Waals surface area contributed by atoms with Gasteiger partial charge in [0.2, 0.25) is 27.7 Å². The number of aromatic nitrogens is 1. The first-order valence-corrected chi connectivity index (χ1v) is 22.0. The van der Waals surface area contributed by atoms with Gasteiger partial charge in [-0.05, 0) is 94.7 Å². The number of ketones is 1. The van der Waals surface area contributed by atoms with Crippen molar-refractivity contribution in [2.24, 2.45) is 29.1 Å². The Labute approximate surface area is 338 Å². The summed E-state index contributed by atoms with van der Waals surface area (Å²) < 4.78 is 74.4. The van der Waals surface area contributed by atoms with Crippen molar-refractivity contribution >= 4 is 44.4 Å². The number of ether oxygens (including phenoxy) is 3. The highest BCUT2D eigenvalue weighted by Gasteiger charge is 2.63. The fraction of sp³-hybridized carbons (Fsp3) is 0.651. The molecule has 58 heavy (non-hydrogen) atoms. The molecule has 7 rings (SSSR count). The van der Waals surface area contributed by atoms with Crippen LogP contribution in [-0.2, 0) is 40.4 Å². The first-order chi connectivity index (χ1) is 27.1. The molecule has 7 atom stereocenters. The van der Waals surface area contributed by atoms with Crippen molar-refractivity contribution in [3.8, 4) is 11.6 Å². The minimum Gasteiger partial charge on any atom is -0.492 e. The van der Waals surface area contributed by atoms with E-state index < -0.39 is 85.7 Å². The molecular weight excluding hydrogens is 773 g/mol. The monoisotopic (exact) mass is 827 g/mol. The topological polar surface area (TPSA) is 158 Å². The van der Waals surface area contributed by atoms with Crippen molar-refractivity contribution in [1.82, 2.24) is 14.6 Å². The minimum atomic E-state index is -4.00. The van der Waals surface area contributed by atoms with Crippen LogP contribution in [0.5, 0.6) is 11.6 Å². The van der Waals surface area contributed by atoms with Crippen LogP contribution in [-0.4, -0.2) is 83.4 Å². The third kappa shape index (κ3) is 8.08. The fourth-order valence-electron chi connectivity index (χ4n) is 8.81. The van der Waals surface area contributed by atoms with E-state index in [0.717, 1.165) is 37.0 Å². The maximum atomic E-state index is 14.9. The molecule has 2 amide bonds. The molecule has 5 aliphatic rings. The second kappa shape index (κ2) is 15.2. The molecule has 1 N–H and O–H groups in total. The Balaban J connectivity index is 1.22. The smallest absolute Gasteiger partial charge is 0.307 e. The summed E-state index contributed by atoms with van der Waals surface area (Å²) in [6.07, 6.45) is 7.72. The number of hydrogen-bond donors (Lipinski definition) is 1. The summed E-state index contributed by atoms with van der Waals surface area (Å²) in [4.78, 5) is 63.0. The van der Waals surface area contributed by atoms with Crippen LogP contribution in [0.25, 0.3) is 10.8 Å². The number of sulfonamides is 1. The number of rotatable bonds is 9. The number of hydrogen-bond acceptors (Lipinski definition) is 10. The van der Waals surface area contributed by atoms with Gasteiger partial charge in [0.05, 0.1) is 41.7 Å². The quantitative estimate of drug-likeness (QED) is 0.219. The first-order valence-electron chi connectivity index (χ1n) is 20.5. The molecule has 0 bridgehead atoms. The average Bonchev–Trinajstić information content (AvgIpc) is 3.91. The predicted octanol–water partition coefficient (Wildman–Crippen LogP) is 6.48. The van der Waals surface area contributed by atoms with E-state index >= 15 is 0 Å². The molecule has 2 aromatic rings. The van der Waals surface area contributed by atoms with Gasteiger partial charge in [-0.3, -0.25) is 23.9 Å². The summed E-state index contributed by atoms with van der Waals surface area (Å²) in [7, 11) is -4.00. The van der Waals surface area contributed by atoms with Crippen LogP contribution in [0.2, 0.25) is 0 Å². The number of amides is 2. The Hall–Kier alpha value is -4.14. The molecule has 2 saturated carbocycles. The second-order valence-electron chi connectivity index (χ2n) is 18.3. The van der Waals surface area contributed by atoms with E-state index in [0.29, 0.717) is 51.0 Å². The van der Waals surface area contributed by atoms with E-state index in [1.165, 1.54) is 4.90 Å². The number of nitrogens with zero attached hydrogens (tertiary/aromatic N) is 2. The number of nitrogens with one attached hydrogen (secondary N) is 1. The van der Waals surface area contributed by atoms with Crippen LogP contribution in [0.15, 0.2) is 36.5 Å². The summed E-state index contributed by atoms with van der Waals surface area (Å²) in [5.74, 6) is -6.73. The maximum Gasteiger partial charge on any atom is 0.307 e. The number of allylic oxidation sites excluding steroid dienone is 2. The molecule has 2 aliphatic carbocycles. The zero-order chi connectivity index (χ0) is 42.0. The highest BCUT2D eigenvalue weighted by molar-refractivity contribution is 7.91. The predicted molar refractivity (Wildman–Crippen MR) is 211 cm³/mol. The molecule has 3 fully saturated rings. The van der Waals surface area contributed by atoms with Crippen molar-refractivity contribution in [1.29, 1.82) is 0 Å². The summed E-state index contributed by atoms with van der Waals surface area (Å²) in [5.41, 5.74) is -2.41. The van der Waals surface area contributed by atoms with Gasteiger partial charge in [-0.25, -0.2) is 22.2 Å². The van der Waals surface area contributed by atoms with E-state index in [1.54, 1.807) is 13.1 Å². The van der Waals surface area contributed by atoms with Gasteiger partial charge in [-0.2, -0.15) is 0 Å². The number of carbonyl (C=O) groups is 4. The molecule has 0 unspecified atom stereocenters. The van der Waals surface area contributed by atoms with Gasteiger partial charge >= 0.3 is 5.97 Å². The highest BCUT2D eigenvalue weighted by Crippen LogP contribution is 2.58. The van der Waals surface area contributed by atoms with E-state index in [2.05, 4.69) is 9.71 Å². The molecule has 0 spiro atoms. The van der Waals surface area contributed by atoms with Crippen LogP contribution in [0.4, 0.5) is 8.78 Å². The molecular formula is C43H55F2N3O9S. The lowest BCUT2D eigenvalue weighted by Gasteiger charge is -2.34. The molecule has 4 heterocycles. The van der Waals surface area contributed by atoms with E-state index in [9.17, 15) is 36.4 Å². The number of alkyl halides is 2. The van der Waals surface area contributed by atoms with E-state index in [1.807, 2.05) is 44.2 Å². The van der Waals surface area contributed by atoms with E-state index in [4.69, 9.17) is 14.2 Å². The zero-order valence-electron chi connectivity index (χ0n) is 34.1. The van der Waals surface area contributed by atoms with Crippen LogP contribution in [0, 0.1) is 29.1 Å². The second-order valence-corrected chi connectivity index (χ2v) is 20.5. The Bertz CT molecular complexity index is 2130. The van der Waals surface area contributed by atoms with E-state index in [-0.39, 0.29) is 43.5 Å². The molecule has 316 valence electrons. The summed E-state index contributed by atoms with van der Waals surface area (Å²) in [6, 6.07) is 4.61. The largest absolute Gasteiger partial charge is 0.492 e. The maximum absolute atomic E-state index is 14.9. The average molecular weight is 828 g/mol. The van der Waals surface area contributed by atoms with Crippen molar-refractivity contribution in [3.63, 3.8) is 0 Å². The molecule has 0 radical (unpaired) electrons. The highest BCUT2D eigenvalue weighted by atomic mass is 32.2. The van der Waals surface area contributed by atoms with Crippen LogP contribution in [0.3, 0.4) is 0 Å². The standard InChI is InChI=1S/C43H55F2N3O9S/c1-25-9-7-8-10-28-22-43(28,39(52)47-58(53,54)41(5)15-16-41)23-34(49)33-20-29(56-37-31-12-11-27-14-18-55-36(27)30(31)13-17-46-37)24-48(33)38(51)32(26(2)19-25)21-35(50)57-40(3,4)42(6,44)45/h8,10-13,17,25-26,28-29,32-33H,7,9,14-16,18-24H2,1-6H3,(H,47,52)/b10-8-/t25-,26-,28-,29-,32+,33+,43-/m1/s1. The van der Waals surface area contributed by atoms with Gasteiger partial charge in [-0.15, -0.1) is 0 Å². The number of benzene rings is 1. The van der Waals surface area contributed by atoms with Gasteiger partial charge in [0.15, 0.2) is 11.4 Å². The van der Waals surface area contributed by atoms with Crippen molar-refractivity contribution in [2.45, 2.75) is 134 Å². The molecule has 1 saturated heterocycles. The Morgan fingerprint density at radius 3 is 2.53 bits per heavy atom. The summed E-state index contributed by atoms with van der Waals surface area (Å²) in [5, 5.41) is 1.51. The van der Waals surface area contributed by atoms with Crippen LogP contribution in [0.1, 0.15) is 105 Å². The zero-order valence-corrected chi connectivity index (χ0v) is 35.0. The Morgan fingerprint density at radius 1 is 1.09 bits per heavy atom. The lowest BCUT2D eigenvalue weighted by atomic mass is 9.82. The SMILES string of the molecule is C[C@@H]1CC/C=C\[C@@H]2C[C@@]2(C(=O)NS(=O)(=O)C2(C)CC2)CC(=O)[C@@H]2C[C@@H](Oc3nccc4c5c(ccc34)CCO5)CN2C(=O)[C@@H](CC(=O)OC(C)(C)C(C)(F)F)[C@H](C)C1. The Morgan fingerprint density at radius 2 is 1.83 bits per heavy atom. The number of fused-ring (bicyclic) bond motifs is 5. The molecule has 3 aliphatic heterocycles. The number of carbonyl (C=O) groups excluding carboxylic acids is 4. The van der Waals surface area contributed by atoms with Gasteiger partial charge in [0.1, 0.15) is 11.9 Å². The third-order valence-electron chi connectivity index (χ3n) is 13.4. The van der Waals surface area contributed by atoms with Gasteiger partial charge in [0, 0.05) is 43.2 Å². The van der Waals surface area contributed by atoms with Crippen LogP contribution >= 0.6 is 0 Å². The van der Waals surface area contributed by atoms with Gasteiger partial charge < -0.3 is 19.1 Å². The Kier molecular flexibility index (Phi) is 11.0. The molecule has 15 heteroatoms. The number of pyridine rings is 1. The van der Waals surface area contributed by atoms with Crippen molar-refractivity contribution < 1.29 is 50.6 Å². The minimum absolute atomic E-state index is 0.0374. The fourth-order valence-corrected chi connectivity index (χ4v) is 10.1. The summed E-state index contributed by atoms with van der Waals surface area (Å²) >= 11 is 0. The number of halogens is 2. The van der Waals surface area contributed by atoms with Gasteiger partial charge in [-0.1, -0.05) is 32.1 Å². The number of esters is 1. The van der Waals surface area contributed by atoms with Crippen molar-refractivity contribution in [2.75, 3.05) is 13.2 Å². The molecule has 1 aromatic carbocycles. The van der Waals surface area contributed by atoms with Gasteiger partial charge in [0.25, 0.3) is 5.92 Å². The lowest BCUT2D eigenvalue weighted by molar-refractivity contribution is -0.197. The summed E-state index contributed by atoms with van der Waals surface area (Å²) in [6.45, 7) is 8.87. The normalized spacial score (nSPS) is 30.5. The van der Waals surface area contributed by atoms with Crippen LogP contribution < -0.4 is 14.2 Å². The first kappa shape index (κ1) is 42.0. The molecule has 1 aromatic heterocycles. The van der Waals surface area contributed by atoms with Crippen molar-refractivity contribution in [3.05, 3.63) is 42.1 Å². The third-order valence-corrected chi connectivity index (χ3v) is 15.6. The molecule has 12 nitrogen and oxygen atoms in total.